The van der Waals surface area contributed by atoms with Crippen LogP contribution < -0.4 is 5.32 Å². The van der Waals surface area contributed by atoms with Gasteiger partial charge in [0.2, 0.25) is 0 Å². The normalized spacial score (nSPS) is 12.0. The maximum atomic E-state index is 13.0. The van der Waals surface area contributed by atoms with Crippen LogP contribution in [-0.2, 0) is 0 Å². The van der Waals surface area contributed by atoms with E-state index in [0.29, 0.717) is 13.0 Å². The molecule has 1 aromatic carbocycles. The first-order chi connectivity index (χ1) is 9.99. The fourth-order valence-electron chi connectivity index (χ4n) is 2.12. The van der Waals surface area contributed by atoms with E-state index in [1.165, 1.54) is 0 Å². The number of carbonyl (C=O) groups is 1. The molecule has 1 unspecified atom stereocenters. The van der Waals surface area contributed by atoms with Crippen LogP contribution in [0.15, 0.2) is 18.2 Å². The summed E-state index contributed by atoms with van der Waals surface area (Å²) in [4.78, 5) is 22.1. The zero-order valence-electron chi connectivity index (χ0n) is 11.8. The van der Waals surface area contributed by atoms with Crippen molar-refractivity contribution in [3.63, 3.8) is 0 Å². The summed E-state index contributed by atoms with van der Waals surface area (Å²) in [5.41, 5.74) is -0.720. The zero-order valence-corrected chi connectivity index (χ0v) is 11.8. The Morgan fingerprint density at radius 3 is 2.76 bits per heavy atom. The Labute approximate surface area is 122 Å². The summed E-state index contributed by atoms with van der Waals surface area (Å²) >= 11 is 0. The van der Waals surface area contributed by atoms with Crippen LogP contribution in [0.3, 0.4) is 0 Å². The molecular weight excluding hydrogens is 279 g/mol. The lowest BCUT2D eigenvalue weighted by Gasteiger charge is -2.15. The maximum absolute atomic E-state index is 13.0. The summed E-state index contributed by atoms with van der Waals surface area (Å²) in [6.07, 6.45) is 2.31. The van der Waals surface area contributed by atoms with Crippen molar-refractivity contribution in [2.24, 2.45) is 5.92 Å². The van der Waals surface area contributed by atoms with Gasteiger partial charge < -0.3 is 10.4 Å². The number of halogens is 1. The molecule has 0 saturated carbocycles. The lowest BCUT2D eigenvalue weighted by atomic mass is 10.00. The molecule has 0 aromatic heterocycles. The Morgan fingerprint density at radius 2 is 2.19 bits per heavy atom. The molecule has 0 radical (unpaired) electrons. The molecule has 0 bridgehead atoms. The van der Waals surface area contributed by atoms with Crippen molar-refractivity contribution in [2.75, 3.05) is 13.2 Å². The highest BCUT2D eigenvalue weighted by atomic mass is 19.1. The van der Waals surface area contributed by atoms with E-state index in [1.807, 2.05) is 6.92 Å². The highest BCUT2D eigenvalue weighted by Crippen LogP contribution is 2.20. The largest absolute Gasteiger partial charge is 0.396 e. The van der Waals surface area contributed by atoms with Crippen molar-refractivity contribution in [3.8, 4) is 0 Å². The van der Waals surface area contributed by atoms with Crippen LogP contribution in [0.4, 0.5) is 10.1 Å². The van der Waals surface area contributed by atoms with Crippen molar-refractivity contribution in [3.05, 3.63) is 39.7 Å². The Balaban J connectivity index is 2.77. The van der Waals surface area contributed by atoms with Crippen LogP contribution in [-0.4, -0.2) is 29.1 Å². The zero-order chi connectivity index (χ0) is 15.8. The highest BCUT2D eigenvalue weighted by molar-refractivity contribution is 5.98. The fraction of sp³-hybridized carbons (Fsp3) is 0.500. The molecule has 0 fully saturated rings. The van der Waals surface area contributed by atoms with E-state index in [4.69, 9.17) is 5.11 Å². The predicted molar refractivity (Wildman–Crippen MR) is 75.5 cm³/mol. The third-order valence-electron chi connectivity index (χ3n) is 3.19. The molecule has 0 aliphatic rings. The fourth-order valence-corrected chi connectivity index (χ4v) is 2.12. The smallest absolute Gasteiger partial charge is 0.285 e. The minimum Gasteiger partial charge on any atom is -0.396 e. The molecule has 1 rings (SSSR count). The van der Waals surface area contributed by atoms with Gasteiger partial charge in [-0.3, -0.25) is 14.9 Å². The minimum absolute atomic E-state index is 0.0250. The van der Waals surface area contributed by atoms with Crippen molar-refractivity contribution in [2.45, 2.75) is 26.2 Å². The Kier molecular flexibility index (Phi) is 6.74. The van der Waals surface area contributed by atoms with Gasteiger partial charge in [-0.05, 0) is 30.9 Å². The molecule has 1 aromatic rings. The van der Waals surface area contributed by atoms with Crippen molar-refractivity contribution in [1.29, 1.82) is 0 Å². The van der Waals surface area contributed by atoms with Crippen molar-refractivity contribution >= 4 is 11.6 Å². The van der Waals surface area contributed by atoms with Gasteiger partial charge in [-0.15, -0.1) is 0 Å². The summed E-state index contributed by atoms with van der Waals surface area (Å²) in [5.74, 6) is -1.26. The third kappa shape index (κ3) is 5.11. The number of hydrogen-bond acceptors (Lipinski definition) is 4. The number of rotatable bonds is 8. The summed E-state index contributed by atoms with van der Waals surface area (Å²) < 4.78 is 13.0. The van der Waals surface area contributed by atoms with Gasteiger partial charge in [0.25, 0.3) is 11.6 Å². The van der Waals surface area contributed by atoms with Crippen LogP contribution in [0.2, 0.25) is 0 Å². The first-order valence-electron chi connectivity index (χ1n) is 6.82. The molecule has 0 saturated heterocycles. The van der Waals surface area contributed by atoms with Crippen LogP contribution >= 0.6 is 0 Å². The van der Waals surface area contributed by atoms with Gasteiger partial charge in [-0.2, -0.15) is 0 Å². The van der Waals surface area contributed by atoms with Crippen molar-refractivity contribution in [1.82, 2.24) is 5.32 Å². The second-order valence-corrected chi connectivity index (χ2v) is 4.80. The Morgan fingerprint density at radius 1 is 1.48 bits per heavy atom. The SMILES string of the molecule is CCCC(CCO)CNC(=O)c1ccc(F)cc1[N+](=O)[O-]. The lowest BCUT2D eigenvalue weighted by molar-refractivity contribution is -0.385. The molecule has 0 aliphatic carbocycles. The number of nitro groups is 1. The van der Waals surface area contributed by atoms with Gasteiger partial charge in [0.1, 0.15) is 11.4 Å². The van der Waals surface area contributed by atoms with E-state index >= 15 is 0 Å². The molecule has 116 valence electrons. The predicted octanol–water partition coefficient (Wildman–Crippen LogP) is 2.26. The number of aliphatic hydroxyl groups excluding tert-OH is 1. The molecule has 21 heavy (non-hydrogen) atoms. The number of amides is 1. The first kappa shape index (κ1) is 17.0. The first-order valence-corrected chi connectivity index (χ1v) is 6.82. The molecule has 6 nitrogen and oxygen atoms in total. The van der Waals surface area contributed by atoms with E-state index in [9.17, 15) is 19.3 Å². The third-order valence-corrected chi connectivity index (χ3v) is 3.19. The second kappa shape index (κ2) is 8.31. The van der Waals surface area contributed by atoms with Crippen LogP contribution in [0, 0.1) is 21.8 Å². The second-order valence-electron chi connectivity index (χ2n) is 4.80. The number of nitrogens with one attached hydrogen (secondary N) is 1. The monoisotopic (exact) mass is 298 g/mol. The number of nitro benzene ring substituents is 1. The van der Waals surface area contributed by atoms with E-state index in [1.54, 1.807) is 0 Å². The number of nitrogens with zero attached hydrogens (tertiary/aromatic N) is 1. The molecule has 0 spiro atoms. The maximum Gasteiger partial charge on any atom is 0.285 e. The van der Waals surface area contributed by atoms with E-state index < -0.39 is 22.3 Å². The quantitative estimate of drug-likeness (QED) is 0.568. The number of aliphatic hydroxyl groups is 1. The van der Waals surface area contributed by atoms with E-state index in [2.05, 4.69) is 5.32 Å². The highest BCUT2D eigenvalue weighted by Gasteiger charge is 2.21. The van der Waals surface area contributed by atoms with E-state index in [0.717, 1.165) is 31.0 Å². The summed E-state index contributed by atoms with van der Waals surface area (Å²) in [6.45, 7) is 2.34. The molecular formula is C14H19FN2O4. The standard InChI is InChI=1S/C14H19FN2O4/c1-2-3-10(6-7-18)9-16-14(19)12-5-4-11(15)8-13(12)17(20)21/h4-5,8,10,18H,2-3,6-7,9H2,1H3,(H,16,19). The average Bonchev–Trinajstić information content (AvgIpc) is 2.44. The molecule has 1 amide bonds. The summed E-state index contributed by atoms with van der Waals surface area (Å²) in [7, 11) is 0. The topological polar surface area (TPSA) is 92.5 Å². The molecule has 0 aliphatic heterocycles. The number of benzene rings is 1. The number of hydrogen-bond donors (Lipinski definition) is 2. The van der Waals surface area contributed by atoms with Gasteiger partial charge in [0.05, 0.1) is 11.0 Å². The molecule has 1 atom stereocenters. The van der Waals surface area contributed by atoms with Gasteiger partial charge in [-0.25, -0.2) is 4.39 Å². The van der Waals surface area contributed by atoms with Crippen LogP contribution in [0.1, 0.15) is 36.5 Å². The summed E-state index contributed by atoms with van der Waals surface area (Å²) in [6, 6.07) is 2.84. The van der Waals surface area contributed by atoms with Crippen LogP contribution in [0.25, 0.3) is 0 Å². The lowest BCUT2D eigenvalue weighted by Crippen LogP contribution is -2.30. The molecule has 2 N–H and O–H groups in total. The van der Waals surface area contributed by atoms with E-state index in [-0.39, 0.29) is 18.1 Å². The Hall–Kier alpha value is -2.02. The van der Waals surface area contributed by atoms with Crippen molar-refractivity contribution < 1.29 is 19.2 Å². The number of carbonyl (C=O) groups excluding carboxylic acids is 1. The molecule has 7 heteroatoms. The van der Waals surface area contributed by atoms with Gasteiger partial charge in [0, 0.05) is 13.2 Å². The average molecular weight is 298 g/mol. The minimum atomic E-state index is -0.782. The van der Waals surface area contributed by atoms with Gasteiger partial charge in [0.15, 0.2) is 0 Å². The van der Waals surface area contributed by atoms with Gasteiger partial charge in [-0.1, -0.05) is 13.3 Å². The summed E-state index contributed by atoms with van der Waals surface area (Å²) in [5, 5.41) is 22.4. The van der Waals surface area contributed by atoms with Gasteiger partial charge >= 0.3 is 0 Å². The molecule has 0 heterocycles. The Bertz CT molecular complexity index is 502. The van der Waals surface area contributed by atoms with Crippen LogP contribution in [0.5, 0.6) is 0 Å².